The number of hydrogen-bond donors (Lipinski definition) is 0. The fourth-order valence-corrected chi connectivity index (χ4v) is 4.83. The number of likely N-dealkylation sites (tertiary alicyclic amines) is 1. The number of fused-ring (bicyclic) bond motifs is 1. The largest absolute Gasteiger partial charge is 0.339 e. The van der Waals surface area contributed by atoms with E-state index in [9.17, 15) is 4.79 Å². The Hall–Kier alpha value is -2.47. The minimum atomic E-state index is 0.0242. The van der Waals surface area contributed by atoms with Gasteiger partial charge in [-0.2, -0.15) is 4.98 Å². The van der Waals surface area contributed by atoms with Crippen LogP contribution in [0.3, 0.4) is 0 Å². The van der Waals surface area contributed by atoms with Crippen LogP contribution in [0.5, 0.6) is 0 Å². The van der Waals surface area contributed by atoms with E-state index in [2.05, 4.69) is 40.5 Å². The lowest BCUT2D eigenvalue weighted by atomic mass is 10.1. The summed E-state index contributed by atoms with van der Waals surface area (Å²) < 4.78 is 5.42. The number of amides is 1. The topological polar surface area (TPSA) is 59.2 Å². The van der Waals surface area contributed by atoms with E-state index in [1.807, 2.05) is 16.3 Å². The molecular formula is C20H19N3O2S. The molecule has 26 heavy (non-hydrogen) atoms. The monoisotopic (exact) mass is 365 g/mol. The summed E-state index contributed by atoms with van der Waals surface area (Å²) in [6, 6.07) is 12.7. The molecule has 6 heteroatoms. The van der Waals surface area contributed by atoms with Crippen molar-refractivity contribution in [1.82, 2.24) is 15.0 Å². The van der Waals surface area contributed by atoms with Gasteiger partial charge in [-0.3, -0.25) is 4.79 Å². The normalized spacial score (nSPS) is 22.2. The summed E-state index contributed by atoms with van der Waals surface area (Å²) in [4.78, 5) is 20.4. The smallest absolute Gasteiger partial charge is 0.231 e. The van der Waals surface area contributed by atoms with Gasteiger partial charge in [-0.05, 0) is 35.4 Å². The molecular weight excluding hydrogens is 346 g/mol. The molecule has 1 saturated heterocycles. The first-order chi connectivity index (χ1) is 12.8. The zero-order chi connectivity index (χ0) is 17.5. The molecule has 3 heterocycles. The average molecular weight is 365 g/mol. The van der Waals surface area contributed by atoms with E-state index in [1.165, 1.54) is 16.0 Å². The number of aromatic nitrogens is 2. The van der Waals surface area contributed by atoms with E-state index in [1.54, 1.807) is 11.3 Å². The molecule has 2 aromatic heterocycles. The quantitative estimate of drug-likeness (QED) is 0.707. The Morgan fingerprint density at radius 1 is 1.23 bits per heavy atom. The van der Waals surface area contributed by atoms with Crippen molar-refractivity contribution in [3.63, 3.8) is 0 Å². The lowest BCUT2D eigenvalue weighted by molar-refractivity contribution is -0.129. The highest BCUT2D eigenvalue weighted by atomic mass is 32.1. The molecule has 5 rings (SSSR count). The lowest BCUT2D eigenvalue weighted by Gasteiger charge is -2.25. The first-order valence-electron chi connectivity index (χ1n) is 9.00. The van der Waals surface area contributed by atoms with Crippen LogP contribution in [0.4, 0.5) is 0 Å². The molecule has 1 fully saturated rings. The number of hydrogen-bond acceptors (Lipinski definition) is 5. The van der Waals surface area contributed by atoms with E-state index in [0.29, 0.717) is 31.1 Å². The molecule has 1 aliphatic heterocycles. The summed E-state index contributed by atoms with van der Waals surface area (Å²) >= 11 is 1.68. The summed E-state index contributed by atoms with van der Waals surface area (Å²) in [7, 11) is 0. The number of rotatable bonds is 4. The third-order valence-corrected chi connectivity index (χ3v) is 6.27. The SMILES string of the molecule is O=C1CC(c2noc(Cc3cccs3)n2)CN1C1CCc2ccccc21. The lowest BCUT2D eigenvalue weighted by Crippen LogP contribution is -2.28. The molecule has 0 saturated carbocycles. The molecule has 2 aliphatic rings. The minimum absolute atomic E-state index is 0.0242. The van der Waals surface area contributed by atoms with Crippen LogP contribution in [-0.2, 0) is 17.6 Å². The molecule has 0 spiro atoms. The highest BCUT2D eigenvalue weighted by Gasteiger charge is 2.39. The molecule has 1 aliphatic carbocycles. The van der Waals surface area contributed by atoms with E-state index >= 15 is 0 Å². The zero-order valence-electron chi connectivity index (χ0n) is 14.3. The number of carbonyl (C=O) groups is 1. The van der Waals surface area contributed by atoms with Crippen LogP contribution in [-0.4, -0.2) is 27.5 Å². The standard InChI is InChI=1S/C20H19N3O2S/c24-19-10-14(20-21-18(25-22-20)11-15-5-3-9-26-15)12-23(19)17-8-7-13-4-1-2-6-16(13)17/h1-6,9,14,17H,7-8,10-12H2. The Kier molecular flexibility index (Phi) is 3.85. The van der Waals surface area contributed by atoms with Crippen molar-refractivity contribution in [2.24, 2.45) is 0 Å². The van der Waals surface area contributed by atoms with Crippen LogP contribution >= 0.6 is 11.3 Å². The third kappa shape index (κ3) is 2.74. The van der Waals surface area contributed by atoms with Crippen LogP contribution in [0.25, 0.3) is 0 Å². The van der Waals surface area contributed by atoms with Crippen LogP contribution in [0.1, 0.15) is 52.5 Å². The van der Waals surface area contributed by atoms with Crippen molar-refractivity contribution >= 4 is 17.2 Å². The number of carbonyl (C=O) groups excluding carboxylic acids is 1. The molecule has 0 bridgehead atoms. The van der Waals surface area contributed by atoms with Gasteiger partial charge in [0.25, 0.3) is 0 Å². The fraction of sp³-hybridized carbons (Fsp3) is 0.350. The van der Waals surface area contributed by atoms with Gasteiger partial charge in [0, 0.05) is 23.8 Å². The highest BCUT2D eigenvalue weighted by Crippen LogP contribution is 2.40. The van der Waals surface area contributed by atoms with E-state index in [0.717, 1.165) is 12.8 Å². The van der Waals surface area contributed by atoms with E-state index in [-0.39, 0.29) is 17.9 Å². The number of benzene rings is 1. The predicted octanol–water partition coefficient (Wildman–Crippen LogP) is 3.73. The number of aryl methyl sites for hydroxylation is 1. The molecule has 0 N–H and O–H groups in total. The first kappa shape index (κ1) is 15.8. The Bertz CT molecular complexity index is 934. The molecule has 1 aromatic carbocycles. The Labute approximate surface area is 155 Å². The average Bonchev–Trinajstić information content (AvgIpc) is 3.41. The second-order valence-corrected chi connectivity index (χ2v) is 8.04. The predicted molar refractivity (Wildman–Crippen MR) is 98.0 cm³/mol. The van der Waals surface area contributed by atoms with Gasteiger partial charge in [-0.1, -0.05) is 35.5 Å². The third-order valence-electron chi connectivity index (χ3n) is 5.39. The molecule has 1 amide bonds. The summed E-state index contributed by atoms with van der Waals surface area (Å²) in [5.74, 6) is 1.51. The maximum absolute atomic E-state index is 12.7. The van der Waals surface area contributed by atoms with Gasteiger partial charge in [-0.25, -0.2) is 0 Å². The fourth-order valence-electron chi connectivity index (χ4n) is 4.13. The molecule has 0 radical (unpaired) electrons. The van der Waals surface area contributed by atoms with Gasteiger partial charge in [0.05, 0.1) is 12.5 Å². The summed E-state index contributed by atoms with van der Waals surface area (Å²) in [5.41, 5.74) is 2.67. The molecule has 3 aromatic rings. The number of thiophene rings is 1. The first-order valence-corrected chi connectivity index (χ1v) is 9.88. The van der Waals surface area contributed by atoms with Gasteiger partial charge in [0.1, 0.15) is 0 Å². The van der Waals surface area contributed by atoms with E-state index < -0.39 is 0 Å². The molecule has 2 unspecified atom stereocenters. The second-order valence-electron chi connectivity index (χ2n) is 7.00. The molecule has 2 atom stereocenters. The maximum Gasteiger partial charge on any atom is 0.231 e. The van der Waals surface area contributed by atoms with Crippen molar-refractivity contribution in [2.75, 3.05) is 6.54 Å². The number of nitrogens with zero attached hydrogens (tertiary/aromatic N) is 3. The Morgan fingerprint density at radius 3 is 3.04 bits per heavy atom. The van der Waals surface area contributed by atoms with Crippen LogP contribution < -0.4 is 0 Å². The second kappa shape index (κ2) is 6.36. The van der Waals surface area contributed by atoms with Gasteiger partial charge >= 0.3 is 0 Å². The van der Waals surface area contributed by atoms with Gasteiger partial charge in [0.15, 0.2) is 5.82 Å². The van der Waals surface area contributed by atoms with Crippen molar-refractivity contribution < 1.29 is 9.32 Å². The summed E-state index contributed by atoms with van der Waals surface area (Å²) in [6.07, 6.45) is 3.18. The minimum Gasteiger partial charge on any atom is -0.339 e. The van der Waals surface area contributed by atoms with E-state index in [4.69, 9.17) is 4.52 Å². The molecule has 5 nitrogen and oxygen atoms in total. The van der Waals surface area contributed by atoms with Gasteiger partial charge in [0.2, 0.25) is 11.8 Å². The summed E-state index contributed by atoms with van der Waals surface area (Å²) in [5, 5.41) is 6.20. The maximum atomic E-state index is 12.7. The van der Waals surface area contributed by atoms with Crippen molar-refractivity contribution in [1.29, 1.82) is 0 Å². The summed E-state index contributed by atoms with van der Waals surface area (Å²) in [6.45, 7) is 0.676. The van der Waals surface area contributed by atoms with Crippen LogP contribution in [0, 0.1) is 0 Å². The van der Waals surface area contributed by atoms with Crippen molar-refractivity contribution in [2.45, 2.75) is 37.6 Å². The Balaban J connectivity index is 1.32. The Morgan fingerprint density at radius 2 is 2.15 bits per heavy atom. The van der Waals surface area contributed by atoms with Crippen molar-refractivity contribution in [3.8, 4) is 0 Å². The molecule has 132 valence electrons. The van der Waals surface area contributed by atoms with Gasteiger partial charge < -0.3 is 9.42 Å². The van der Waals surface area contributed by atoms with Crippen LogP contribution in [0.2, 0.25) is 0 Å². The van der Waals surface area contributed by atoms with Crippen LogP contribution in [0.15, 0.2) is 46.3 Å². The highest BCUT2D eigenvalue weighted by molar-refractivity contribution is 7.09. The van der Waals surface area contributed by atoms with Crippen molar-refractivity contribution in [3.05, 3.63) is 69.5 Å². The zero-order valence-corrected chi connectivity index (χ0v) is 15.1. The van der Waals surface area contributed by atoms with Gasteiger partial charge in [-0.15, -0.1) is 11.3 Å².